The second kappa shape index (κ2) is 10.1. The quantitative estimate of drug-likeness (QED) is 0.284. The van der Waals surface area contributed by atoms with Gasteiger partial charge in [0.2, 0.25) is 11.8 Å². The fraction of sp³-hybridized carbons (Fsp3) is 0.182. The minimum atomic E-state index is -0.845. The standard InChI is InChI=1S/C33H28N4O4/c38-31(34-19-21-11-8-16-41-21)27(17-20-9-2-1-3-10-20)36-32(39)28-18-25-22-12-6-7-15-26(22)35-29(25)30-23-13-4-5-14-24(23)33(40)37(28)30/h1-16,27-28,30,35H,17-19H2,(H,34,38)(H,36,39). The lowest BCUT2D eigenvalue weighted by Crippen LogP contribution is -2.57. The number of hydrogen-bond acceptors (Lipinski definition) is 4. The lowest BCUT2D eigenvalue weighted by molar-refractivity contribution is -0.132. The summed E-state index contributed by atoms with van der Waals surface area (Å²) in [4.78, 5) is 46.5. The van der Waals surface area contributed by atoms with Gasteiger partial charge in [-0.1, -0.05) is 66.7 Å². The van der Waals surface area contributed by atoms with E-state index in [0.717, 1.165) is 33.3 Å². The summed E-state index contributed by atoms with van der Waals surface area (Å²) in [6.07, 6.45) is 2.20. The van der Waals surface area contributed by atoms with Gasteiger partial charge >= 0.3 is 0 Å². The Morgan fingerprint density at radius 2 is 1.73 bits per heavy atom. The third-order valence-corrected chi connectivity index (χ3v) is 8.09. The van der Waals surface area contributed by atoms with E-state index in [9.17, 15) is 14.4 Å². The third-order valence-electron chi connectivity index (χ3n) is 8.09. The molecule has 0 fully saturated rings. The van der Waals surface area contributed by atoms with Gasteiger partial charge in [-0.25, -0.2) is 0 Å². The van der Waals surface area contributed by atoms with Crippen LogP contribution < -0.4 is 10.6 Å². The number of carbonyl (C=O) groups excluding carboxylic acids is 3. The summed E-state index contributed by atoms with van der Waals surface area (Å²) in [6, 6.07) is 26.6. The summed E-state index contributed by atoms with van der Waals surface area (Å²) >= 11 is 0. The van der Waals surface area contributed by atoms with Crippen LogP contribution in [0.1, 0.15) is 44.5 Å². The van der Waals surface area contributed by atoms with E-state index in [2.05, 4.69) is 15.6 Å². The molecular formula is C33H28N4O4. The monoisotopic (exact) mass is 544 g/mol. The molecule has 0 radical (unpaired) electrons. The normalized spacial score (nSPS) is 18.0. The van der Waals surface area contributed by atoms with E-state index in [-0.39, 0.29) is 24.3 Å². The first kappa shape index (κ1) is 24.9. The van der Waals surface area contributed by atoms with Gasteiger partial charge in [0.1, 0.15) is 17.8 Å². The molecule has 4 heterocycles. The van der Waals surface area contributed by atoms with Gasteiger partial charge < -0.3 is 24.9 Å². The summed E-state index contributed by atoms with van der Waals surface area (Å²) in [6.45, 7) is 0.205. The Labute approximate surface area is 236 Å². The number of nitrogens with zero attached hydrogens (tertiary/aromatic N) is 1. The highest BCUT2D eigenvalue weighted by Gasteiger charge is 2.49. The molecule has 41 heavy (non-hydrogen) atoms. The van der Waals surface area contributed by atoms with Crippen LogP contribution in [-0.2, 0) is 29.0 Å². The molecule has 3 amide bonds. The van der Waals surface area contributed by atoms with Gasteiger partial charge in [0, 0.05) is 35.0 Å². The Morgan fingerprint density at radius 3 is 2.56 bits per heavy atom. The zero-order valence-corrected chi connectivity index (χ0v) is 22.2. The molecule has 0 saturated carbocycles. The lowest BCUT2D eigenvalue weighted by atomic mass is 9.89. The van der Waals surface area contributed by atoms with E-state index in [1.165, 1.54) is 0 Å². The molecule has 204 valence electrons. The number of H-pyrrole nitrogens is 1. The smallest absolute Gasteiger partial charge is 0.255 e. The molecule has 3 aromatic carbocycles. The van der Waals surface area contributed by atoms with Crippen LogP contribution in [0.25, 0.3) is 10.9 Å². The van der Waals surface area contributed by atoms with Crippen LogP contribution in [0.5, 0.6) is 0 Å². The molecule has 2 aromatic heterocycles. The van der Waals surface area contributed by atoms with Crippen molar-refractivity contribution in [1.29, 1.82) is 0 Å². The molecule has 2 aliphatic heterocycles. The fourth-order valence-corrected chi connectivity index (χ4v) is 6.17. The Bertz CT molecular complexity index is 1760. The van der Waals surface area contributed by atoms with Gasteiger partial charge in [-0.05, 0) is 41.0 Å². The van der Waals surface area contributed by atoms with Gasteiger partial charge in [-0.15, -0.1) is 0 Å². The number of rotatable bonds is 7. The number of furan rings is 1. The number of carbonyl (C=O) groups is 3. The molecule has 0 saturated heterocycles. The van der Waals surface area contributed by atoms with E-state index in [1.54, 1.807) is 23.3 Å². The zero-order valence-electron chi connectivity index (χ0n) is 22.2. The fourth-order valence-electron chi connectivity index (χ4n) is 6.17. The van der Waals surface area contributed by atoms with Crippen LogP contribution >= 0.6 is 0 Å². The Balaban J connectivity index is 1.22. The number of amides is 3. The molecule has 8 heteroatoms. The number of fused-ring (bicyclic) bond motifs is 7. The molecule has 3 atom stereocenters. The topological polar surface area (TPSA) is 107 Å². The number of para-hydroxylation sites is 1. The van der Waals surface area contributed by atoms with Gasteiger partial charge in [-0.3, -0.25) is 14.4 Å². The lowest BCUT2D eigenvalue weighted by Gasteiger charge is -2.37. The average molecular weight is 545 g/mol. The van der Waals surface area contributed by atoms with Crippen LogP contribution in [0.15, 0.2) is 102 Å². The van der Waals surface area contributed by atoms with E-state index >= 15 is 0 Å². The number of aromatic amines is 1. The first-order chi connectivity index (χ1) is 20.1. The van der Waals surface area contributed by atoms with Crippen LogP contribution in [-0.4, -0.2) is 39.7 Å². The summed E-state index contributed by atoms with van der Waals surface area (Å²) in [5.41, 5.74) is 5.31. The van der Waals surface area contributed by atoms with Crippen molar-refractivity contribution < 1.29 is 18.8 Å². The van der Waals surface area contributed by atoms with Crippen LogP contribution in [0.2, 0.25) is 0 Å². The van der Waals surface area contributed by atoms with Crippen molar-refractivity contribution in [2.45, 2.75) is 37.5 Å². The summed E-state index contributed by atoms with van der Waals surface area (Å²) in [7, 11) is 0. The molecule has 7 rings (SSSR count). The highest BCUT2D eigenvalue weighted by Crippen LogP contribution is 2.46. The second-order valence-electron chi connectivity index (χ2n) is 10.5. The maximum absolute atomic E-state index is 14.1. The Hall–Kier alpha value is -5.11. The minimum Gasteiger partial charge on any atom is -0.467 e. The molecule has 5 aromatic rings. The van der Waals surface area contributed by atoms with Crippen molar-refractivity contribution in [3.05, 3.63) is 131 Å². The second-order valence-corrected chi connectivity index (χ2v) is 10.5. The Kier molecular flexibility index (Phi) is 6.15. The van der Waals surface area contributed by atoms with Crippen molar-refractivity contribution in [3.63, 3.8) is 0 Å². The maximum Gasteiger partial charge on any atom is 0.255 e. The molecule has 8 nitrogen and oxygen atoms in total. The van der Waals surface area contributed by atoms with Crippen molar-refractivity contribution >= 4 is 28.6 Å². The summed E-state index contributed by atoms with van der Waals surface area (Å²) in [5, 5.41) is 6.93. The zero-order chi connectivity index (χ0) is 27.9. The van der Waals surface area contributed by atoms with Crippen LogP contribution in [0.4, 0.5) is 0 Å². The first-order valence-corrected chi connectivity index (χ1v) is 13.7. The highest BCUT2D eigenvalue weighted by molar-refractivity contribution is 6.04. The molecule has 0 spiro atoms. The van der Waals surface area contributed by atoms with Gasteiger partial charge in [0.05, 0.1) is 18.8 Å². The molecule has 0 bridgehead atoms. The highest BCUT2D eigenvalue weighted by atomic mass is 16.3. The largest absolute Gasteiger partial charge is 0.467 e. The average Bonchev–Trinajstić information content (AvgIpc) is 3.73. The number of nitrogens with one attached hydrogen (secondary N) is 3. The summed E-state index contributed by atoms with van der Waals surface area (Å²) in [5.74, 6) is -0.251. The van der Waals surface area contributed by atoms with E-state index in [0.29, 0.717) is 24.2 Å². The van der Waals surface area contributed by atoms with E-state index in [4.69, 9.17) is 4.42 Å². The SMILES string of the molecule is O=C(NCc1ccco1)C(Cc1ccccc1)NC(=O)C1Cc2c([nH]c3ccccc23)C2c3ccccc3C(=O)N12. The predicted octanol–water partition coefficient (Wildman–Crippen LogP) is 4.27. The van der Waals surface area contributed by atoms with E-state index < -0.39 is 18.1 Å². The van der Waals surface area contributed by atoms with Gasteiger partial charge in [0.15, 0.2) is 0 Å². The number of hydrogen-bond donors (Lipinski definition) is 3. The molecular weight excluding hydrogens is 516 g/mol. The molecule has 2 aliphatic rings. The maximum atomic E-state index is 14.1. The van der Waals surface area contributed by atoms with Crippen molar-refractivity contribution in [1.82, 2.24) is 20.5 Å². The number of aromatic nitrogens is 1. The van der Waals surface area contributed by atoms with Crippen molar-refractivity contribution in [3.8, 4) is 0 Å². The molecule has 3 N–H and O–H groups in total. The van der Waals surface area contributed by atoms with Crippen LogP contribution in [0, 0.1) is 0 Å². The molecule has 3 unspecified atom stereocenters. The van der Waals surface area contributed by atoms with Gasteiger partial charge in [0.25, 0.3) is 5.91 Å². The van der Waals surface area contributed by atoms with Crippen molar-refractivity contribution in [2.24, 2.45) is 0 Å². The van der Waals surface area contributed by atoms with Gasteiger partial charge in [-0.2, -0.15) is 0 Å². The number of benzene rings is 3. The summed E-state index contributed by atoms with van der Waals surface area (Å²) < 4.78 is 5.36. The minimum absolute atomic E-state index is 0.183. The van der Waals surface area contributed by atoms with Crippen molar-refractivity contribution in [2.75, 3.05) is 0 Å². The van der Waals surface area contributed by atoms with Crippen LogP contribution in [0.3, 0.4) is 0 Å². The predicted molar refractivity (Wildman–Crippen MR) is 153 cm³/mol. The molecule has 0 aliphatic carbocycles. The Morgan fingerprint density at radius 1 is 0.951 bits per heavy atom. The first-order valence-electron chi connectivity index (χ1n) is 13.7. The van der Waals surface area contributed by atoms with E-state index in [1.807, 2.05) is 78.9 Å². The third kappa shape index (κ3) is 4.37.